The van der Waals surface area contributed by atoms with Crippen LogP contribution in [0.4, 0.5) is 0 Å². The summed E-state index contributed by atoms with van der Waals surface area (Å²) in [6.07, 6.45) is 0. The fourth-order valence-electron chi connectivity index (χ4n) is 0.626. The minimum atomic E-state index is 0.614. The van der Waals surface area contributed by atoms with Gasteiger partial charge in [-0.25, -0.2) is 0 Å². The van der Waals surface area contributed by atoms with Crippen LogP contribution in [-0.2, 0) is 0 Å². The summed E-state index contributed by atoms with van der Waals surface area (Å²) >= 11 is 0. The van der Waals surface area contributed by atoms with E-state index < -0.39 is 0 Å². The summed E-state index contributed by atoms with van der Waals surface area (Å²) in [6.45, 7) is 9.66. The Morgan fingerprint density at radius 3 is 2.33 bits per heavy atom. The predicted molar refractivity (Wildman–Crippen MR) is 41.7 cm³/mol. The van der Waals surface area contributed by atoms with Gasteiger partial charge >= 0.3 is 0 Å². The van der Waals surface area contributed by atoms with Gasteiger partial charge in [0.2, 0.25) is 0 Å². The maximum atomic E-state index is 3.32. The van der Waals surface area contributed by atoms with Crippen LogP contribution >= 0.6 is 0 Å². The molecule has 0 amide bonds. The third-order valence-corrected chi connectivity index (χ3v) is 1.10. The highest BCUT2D eigenvalue weighted by Crippen LogP contribution is 1.72. The number of hydrogen-bond acceptors (Lipinski definition) is 2. The van der Waals surface area contributed by atoms with Crippen LogP contribution in [0.3, 0.4) is 0 Å². The Labute approximate surface area is 58.0 Å². The molecular formula is C7H18N2. The fourth-order valence-corrected chi connectivity index (χ4v) is 0.626. The molecule has 0 rings (SSSR count). The molecule has 0 saturated carbocycles. The zero-order chi connectivity index (χ0) is 7.11. The Kier molecular flexibility index (Phi) is 5.99. The second kappa shape index (κ2) is 6.05. The summed E-state index contributed by atoms with van der Waals surface area (Å²) in [5.74, 6) is 0. The number of rotatable bonds is 5. The second-order valence-electron chi connectivity index (χ2n) is 2.46. The molecule has 0 aromatic heterocycles. The van der Waals surface area contributed by atoms with Gasteiger partial charge in [0.05, 0.1) is 0 Å². The molecule has 0 bridgehead atoms. The van der Waals surface area contributed by atoms with E-state index in [1.165, 1.54) is 0 Å². The number of likely N-dealkylation sites (N-methyl/N-ethyl adjacent to an activating group) is 1. The molecule has 0 atom stereocenters. The lowest BCUT2D eigenvalue weighted by Gasteiger charge is -2.06. The van der Waals surface area contributed by atoms with E-state index in [1.54, 1.807) is 0 Å². The lowest BCUT2D eigenvalue weighted by atomic mass is 10.4. The van der Waals surface area contributed by atoms with Gasteiger partial charge in [0.25, 0.3) is 0 Å². The maximum Gasteiger partial charge on any atom is 0.00790 e. The normalized spacial score (nSPS) is 10.7. The van der Waals surface area contributed by atoms with Crippen LogP contribution in [-0.4, -0.2) is 25.7 Å². The van der Waals surface area contributed by atoms with Crippen molar-refractivity contribution in [3.8, 4) is 0 Å². The van der Waals surface area contributed by atoms with Crippen molar-refractivity contribution in [3.63, 3.8) is 0 Å². The van der Waals surface area contributed by atoms with E-state index in [9.17, 15) is 0 Å². The van der Waals surface area contributed by atoms with Crippen molar-refractivity contribution >= 4 is 0 Å². The van der Waals surface area contributed by atoms with Crippen molar-refractivity contribution in [2.24, 2.45) is 0 Å². The topological polar surface area (TPSA) is 24.1 Å². The molecule has 0 aromatic rings. The van der Waals surface area contributed by atoms with Crippen molar-refractivity contribution in [1.29, 1.82) is 0 Å². The molecule has 2 heteroatoms. The molecule has 0 heterocycles. The van der Waals surface area contributed by atoms with E-state index in [2.05, 4.69) is 31.4 Å². The zero-order valence-corrected chi connectivity index (χ0v) is 6.70. The first-order valence-corrected chi connectivity index (χ1v) is 3.71. The Hall–Kier alpha value is -0.0800. The Morgan fingerprint density at radius 2 is 1.89 bits per heavy atom. The third-order valence-electron chi connectivity index (χ3n) is 1.10. The number of hydrogen-bond donors (Lipinski definition) is 2. The summed E-state index contributed by atoms with van der Waals surface area (Å²) in [5.41, 5.74) is 0. The van der Waals surface area contributed by atoms with Crippen molar-refractivity contribution in [1.82, 2.24) is 10.6 Å². The molecule has 2 nitrogen and oxygen atoms in total. The van der Waals surface area contributed by atoms with Gasteiger partial charge in [-0.3, -0.25) is 0 Å². The van der Waals surface area contributed by atoms with E-state index in [1.807, 2.05) is 0 Å². The first-order valence-electron chi connectivity index (χ1n) is 3.71. The molecule has 0 aliphatic carbocycles. The molecule has 2 N–H and O–H groups in total. The number of nitrogens with one attached hydrogen (secondary N) is 2. The van der Waals surface area contributed by atoms with Crippen molar-refractivity contribution in [3.05, 3.63) is 0 Å². The quantitative estimate of drug-likeness (QED) is 0.532. The fraction of sp³-hybridized carbons (Fsp3) is 1.00. The van der Waals surface area contributed by atoms with Crippen LogP contribution in [0.2, 0.25) is 0 Å². The van der Waals surface area contributed by atoms with Gasteiger partial charge in [-0.1, -0.05) is 20.8 Å². The third kappa shape index (κ3) is 7.92. The van der Waals surface area contributed by atoms with E-state index in [0.717, 1.165) is 19.6 Å². The van der Waals surface area contributed by atoms with Crippen LogP contribution in [0.1, 0.15) is 20.8 Å². The van der Waals surface area contributed by atoms with Gasteiger partial charge in [-0.05, 0) is 6.54 Å². The molecule has 0 unspecified atom stereocenters. The van der Waals surface area contributed by atoms with Gasteiger partial charge in [-0.15, -0.1) is 0 Å². The minimum Gasteiger partial charge on any atom is -0.316 e. The molecule has 0 aliphatic rings. The van der Waals surface area contributed by atoms with Crippen LogP contribution in [0.5, 0.6) is 0 Å². The lowest BCUT2D eigenvalue weighted by molar-refractivity contribution is 0.562. The maximum absolute atomic E-state index is 3.32. The molecule has 0 aliphatic heterocycles. The van der Waals surface area contributed by atoms with Crippen molar-refractivity contribution < 1.29 is 0 Å². The smallest absolute Gasteiger partial charge is 0.00790 e. The summed E-state index contributed by atoms with van der Waals surface area (Å²) in [7, 11) is 0. The average molecular weight is 130 g/mol. The Bertz CT molecular complexity index is 52.9. The van der Waals surface area contributed by atoms with E-state index in [0.29, 0.717) is 6.04 Å². The van der Waals surface area contributed by atoms with Crippen LogP contribution in [0, 0.1) is 0 Å². The monoisotopic (exact) mass is 130 g/mol. The molecule has 0 radical (unpaired) electrons. The SMILES string of the molecule is CCNCCNC(C)C. The molecule has 0 fully saturated rings. The van der Waals surface area contributed by atoms with Crippen LogP contribution in [0.15, 0.2) is 0 Å². The van der Waals surface area contributed by atoms with E-state index in [-0.39, 0.29) is 0 Å². The van der Waals surface area contributed by atoms with Crippen LogP contribution in [0.25, 0.3) is 0 Å². The predicted octanol–water partition coefficient (Wildman–Crippen LogP) is 0.594. The van der Waals surface area contributed by atoms with Crippen LogP contribution < -0.4 is 10.6 Å². The first-order chi connectivity index (χ1) is 4.27. The highest BCUT2D eigenvalue weighted by Gasteiger charge is 1.88. The van der Waals surface area contributed by atoms with E-state index >= 15 is 0 Å². The molecule has 56 valence electrons. The summed E-state index contributed by atoms with van der Waals surface area (Å²) in [6, 6.07) is 0.614. The molecule has 0 spiro atoms. The molecular weight excluding hydrogens is 112 g/mol. The van der Waals surface area contributed by atoms with Gasteiger partial charge in [0, 0.05) is 19.1 Å². The standard InChI is InChI=1S/C7H18N2/c1-4-8-5-6-9-7(2)3/h7-9H,4-6H2,1-3H3. The first kappa shape index (κ1) is 8.92. The second-order valence-corrected chi connectivity index (χ2v) is 2.46. The summed E-state index contributed by atoms with van der Waals surface area (Å²) in [4.78, 5) is 0. The van der Waals surface area contributed by atoms with Crippen molar-refractivity contribution in [2.75, 3.05) is 19.6 Å². The van der Waals surface area contributed by atoms with Gasteiger partial charge < -0.3 is 10.6 Å². The zero-order valence-electron chi connectivity index (χ0n) is 6.70. The highest BCUT2D eigenvalue weighted by atomic mass is 14.9. The lowest BCUT2D eigenvalue weighted by Crippen LogP contribution is -2.31. The minimum absolute atomic E-state index is 0.614. The summed E-state index contributed by atoms with van der Waals surface area (Å²) < 4.78 is 0. The van der Waals surface area contributed by atoms with Gasteiger partial charge in [-0.2, -0.15) is 0 Å². The molecule has 0 saturated heterocycles. The Balaban J connectivity index is 2.75. The highest BCUT2D eigenvalue weighted by molar-refractivity contribution is 4.53. The Morgan fingerprint density at radius 1 is 1.22 bits per heavy atom. The van der Waals surface area contributed by atoms with E-state index in [4.69, 9.17) is 0 Å². The van der Waals surface area contributed by atoms with Gasteiger partial charge in [0.1, 0.15) is 0 Å². The van der Waals surface area contributed by atoms with Gasteiger partial charge in [0.15, 0.2) is 0 Å². The average Bonchev–Trinajstić information content (AvgIpc) is 1.80. The van der Waals surface area contributed by atoms with Crippen molar-refractivity contribution in [2.45, 2.75) is 26.8 Å². The molecule has 9 heavy (non-hydrogen) atoms. The summed E-state index contributed by atoms with van der Waals surface area (Å²) in [5, 5.41) is 6.56. The largest absolute Gasteiger partial charge is 0.316 e. The molecule has 0 aromatic carbocycles.